The van der Waals surface area contributed by atoms with E-state index in [1.165, 1.54) is 6.42 Å². The summed E-state index contributed by atoms with van der Waals surface area (Å²) in [6.45, 7) is 3.58. The number of nitrogen functional groups attached to an aromatic ring is 1. The van der Waals surface area contributed by atoms with Crippen LogP contribution in [0.15, 0.2) is 0 Å². The van der Waals surface area contributed by atoms with E-state index in [1.54, 1.807) is 6.92 Å². The number of rotatable bonds is 4. The van der Waals surface area contributed by atoms with Gasteiger partial charge in [-0.2, -0.15) is 4.98 Å². The SMILES string of the molecule is Cc1nc(N)nc(NC(C)C2CCC2)c1[N+](=O)[O-]. The minimum Gasteiger partial charge on any atom is -0.368 e. The molecule has 0 saturated heterocycles. The second-order valence-electron chi connectivity index (χ2n) is 4.75. The van der Waals surface area contributed by atoms with E-state index in [-0.39, 0.29) is 29.2 Å². The molecule has 1 unspecified atom stereocenters. The van der Waals surface area contributed by atoms with Crippen LogP contribution in [0.5, 0.6) is 0 Å². The Bertz CT molecular complexity index is 473. The fourth-order valence-electron chi connectivity index (χ4n) is 2.18. The third-order valence-electron chi connectivity index (χ3n) is 3.48. The van der Waals surface area contributed by atoms with Gasteiger partial charge >= 0.3 is 5.69 Å². The fraction of sp³-hybridized carbons (Fsp3) is 0.636. The molecular formula is C11H17N5O2. The molecule has 3 N–H and O–H groups in total. The van der Waals surface area contributed by atoms with Gasteiger partial charge in [-0.25, -0.2) is 4.98 Å². The predicted molar refractivity (Wildman–Crippen MR) is 68.3 cm³/mol. The summed E-state index contributed by atoms with van der Waals surface area (Å²) in [5, 5.41) is 14.1. The van der Waals surface area contributed by atoms with Gasteiger partial charge in [-0.05, 0) is 32.6 Å². The molecule has 0 bridgehead atoms. The largest absolute Gasteiger partial charge is 0.368 e. The van der Waals surface area contributed by atoms with Crippen molar-refractivity contribution in [2.24, 2.45) is 5.92 Å². The molecule has 98 valence electrons. The molecule has 2 rings (SSSR count). The van der Waals surface area contributed by atoms with Crippen LogP contribution in [0.25, 0.3) is 0 Å². The van der Waals surface area contributed by atoms with Crippen molar-refractivity contribution < 1.29 is 4.92 Å². The van der Waals surface area contributed by atoms with Crippen molar-refractivity contribution in [3.05, 3.63) is 15.8 Å². The first-order valence-electron chi connectivity index (χ1n) is 6.04. The quantitative estimate of drug-likeness (QED) is 0.625. The van der Waals surface area contributed by atoms with Crippen molar-refractivity contribution in [3.63, 3.8) is 0 Å². The summed E-state index contributed by atoms with van der Waals surface area (Å²) in [7, 11) is 0. The first-order valence-corrected chi connectivity index (χ1v) is 6.04. The van der Waals surface area contributed by atoms with Gasteiger partial charge in [0.25, 0.3) is 0 Å². The van der Waals surface area contributed by atoms with E-state index in [2.05, 4.69) is 15.3 Å². The predicted octanol–water partition coefficient (Wildman–Crippen LogP) is 1.88. The molecule has 18 heavy (non-hydrogen) atoms. The molecule has 1 heterocycles. The Labute approximate surface area is 105 Å². The van der Waals surface area contributed by atoms with Crippen LogP contribution in [-0.4, -0.2) is 20.9 Å². The van der Waals surface area contributed by atoms with Crippen molar-refractivity contribution in [3.8, 4) is 0 Å². The van der Waals surface area contributed by atoms with Gasteiger partial charge in [0.15, 0.2) is 0 Å². The maximum Gasteiger partial charge on any atom is 0.332 e. The number of nitrogens with zero attached hydrogens (tertiary/aromatic N) is 3. The first kappa shape index (κ1) is 12.5. The number of nitrogens with two attached hydrogens (primary N) is 1. The lowest BCUT2D eigenvalue weighted by Gasteiger charge is -2.32. The topological polar surface area (TPSA) is 107 Å². The Hall–Kier alpha value is -1.92. The summed E-state index contributed by atoms with van der Waals surface area (Å²) in [5.74, 6) is 0.840. The van der Waals surface area contributed by atoms with Gasteiger partial charge in [-0.3, -0.25) is 10.1 Å². The van der Waals surface area contributed by atoms with Crippen LogP contribution in [0.1, 0.15) is 31.9 Å². The van der Waals surface area contributed by atoms with Crippen LogP contribution in [0.4, 0.5) is 17.5 Å². The van der Waals surface area contributed by atoms with E-state index in [1.807, 2.05) is 6.92 Å². The molecule has 1 aromatic rings. The highest BCUT2D eigenvalue weighted by atomic mass is 16.6. The van der Waals surface area contributed by atoms with Crippen molar-refractivity contribution >= 4 is 17.5 Å². The lowest BCUT2D eigenvalue weighted by Crippen LogP contribution is -2.31. The lowest BCUT2D eigenvalue weighted by atomic mass is 9.80. The lowest BCUT2D eigenvalue weighted by molar-refractivity contribution is -0.385. The van der Waals surface area contributed by atoms with Crippen molar-refractivity contribution in [2.45, 2.75) is 39.2 Å². The Morgan fingerprint density at radius 1 is 1.50 bits per heavy atom. The maximum absolute atomic E-state index is 11.0. The van der Waals surface area contributed by atoms with Gasteiger partial charge in [0.1, 0.15) is 5.69 Å². The van der Waals surface area contributed by atoms with Gasteiger partial charge in [-0.15, -0.1) is 0 Å². The van der Waals surface area contributed by atoms with E-state index in [4.69, 9.17) is 5.73 Å². The molecule has 1 aromatic heterocycles. The summed E-state index contributed by atoms with van der Waals surface area (Å²) in [6.07, 6.45) is 3.53. The average Bonchev–Trinajstić information content (AvgIpc) is 2.11. The number of anilines is 2. The number of hydrogen-bond acceptors (Lipinski definition) is 6. The van der Waals surface area contributed by atoms with Crippen LogP contribution in [0.3, 0.4) is 0 Å². The number of aromatic nitrogens is 2. The van der Waals surface area contributed by atoms with Crippen LogP contribution in [0, 0.1) is 23.0 Å². The highest BCUT2D eigenvalue weighted by Gasteiger charge is 2.28. The fourth-order valence-corrected chi connectivity index (χ4v) is 2.18. The number of aryl methyl sites for hydroxylation is 1. The molecule has 1 atom stereocenters. The van der Waals surface area contributed by atoms with E-state index in [0.717, 1.165) is 12.8 Å². The van der Waals surface area contributed by atoms with Gasteiger partial charge < -0.3 is 11.1 Å². The normalized spacial score (nSPS) is 17.0. The summed E-state index contributed by atoms with van der Waals surface area (Å²) >= 11 is 0. The summed E-state index contributed by atoms with van der Waals surface area (Å²) in [6, 6.07) is 0.158. The molecule has 0 radical (unpaired) electrons. The van der Waals surface area contributed by atoms with Crippen LogP contribution < -0.4 is 11.1 Å². The van der Waals surface area contributed by atoms with E-state index >= 15 is 0 Å². The zero-order chi connectivity index (χ0) is 13.3. The van der Waals surface area contributed by atoms with Crippen molar-refractivity contribution in [1.29, 1.82) is 0 Å². The molecule has 1 aliphatic carbocycles. The van der Waals surface area contributed by atoms with Crippen molar-refractivity contribution in [2.75, 3.05) is 11.1 Å². The molecule has 1 aliphatic rings. The van der Waals surface area contributed by atoms with Crippen LogP contribution in [-0.2, 0) is 0 Å². The molecule has 0 amide bonds. The average molecular weight is 251 g/mol. The molecule has 1 saturated carbocycles. The van der Waals surface area contributed by atoms with Gasteiger partial charge in [-0.1, -0.05) is 6.42 Å². The minimum atomic E-state index is -0.468. The molecular weight excluding hydrogens is 234 g/mol. The Balaban J connectivity index is 2.27. The smallest absolute Gasteiger partial charge is 0.332 e. The molecule has 7 nitrogen and oxygen atoms in total. The van der Waals surface area contributed by atoms with Gasteiger partial charge in [0, 0.05) is 6.04 Å². The number of nitro groups is 1. The van der Waals surface area contributed by atoms with Crippen molar-refractivity contribution in [1.82, 2.24) is 9.97 Å². The molecule has 0 aromatic carbocycles. The summed E-state index contributed by atoms with van der Waals surface area (Å²) in [5.41, 5.74) is 5.74. The van der Waals surface area contributed by atoms with Crippen LogP contribution in [0.2, 0.25) is 0 Å². The highest BCUT2D eigenvalue weighted by molar-refractivity contribution is 5.60. The Morgan fingerprint density at radius 3 is 2.67 bits per heavy atom. The van der Waals surface area contributed by atoms with E-state index < -0.39 is 4.92 Å². The Morgan fingerprint density at radius 2 is 2.17 bits per heavy atom. The van der Waals surface area contributed by atoms with Gasteiger partial charge in [0.2, 0.25) is 11.8 Å². The maximum atomic E-state index is 11.0. The Kier molecular flexibility index (Phi) is 3.31. The second kappa shape index (κ2) is 4.75. The summed E-state index contributed by atoms with van der Waals surface area (Å²) in [4.78, 5) is 18.3. The first-order chi connectivity index (χ1) is 8.49. The number of hydrogen-bond donors (Lipinski definition) is 2. The van der Waals surface area contributed by atoms with E-state index in [9.17, 15) is 10.1 Å². The molecule has 7 heteroatoms. The minimum absolute atomic E-state index is 0.0569. The zero-order valence-electron chi connectivity index (χ0n) is 10.5. The standard InChI is InChI=1S/C11H17N5O2/c1-6(8-4-3-5-8)13-10-9(16(17)18)7(2)14-11(12)15-10/h6,8H,3-5H2,1-2H3,(H3,12,13,14,15). The third-order valence-corrected chi connectivity index (χ3v) is 3.48. The molecule has 0 aliphatic heterocycles. The number of nitrogens with one attached hydrogen (secondary N) is 1. The molecule has 0 spiro atoms. The zero-order valence-corrected chi connectivity index (χ0v) is 10.5. The summed E-state index contributed by atoms with van der Waals surface area (Å²) < 4.78 is 0. The highest BCUT2D eigenvalue weighted by Crippen LogP contribution is 2.33. The monoisotopic (exact) mass is 251 g/mol. The van der Waals surface area contributed by atoms with E-state index in [0.29, 0.717) is 5.92 Å². The van der Waals surface area contributed by atoms with Gasteiger partial charge in [0.05, 0.1) is 4.92 Å². The molecule has 1 fully saturated rings. The second-order valence-corrected chi connectivity index (χ2v) is 4.75. The third kappa shape index (κ3) is 2.34. The van der Waals surface area contributed by atoms with Crippen LogP contribution >= 0.6 is 0 Å².